The average molecular weight is 427 g/mol. The van der Waals surface area contributed by atoms with Gasteiger partial charge < -0.3 is 19.7 Å². The van der Waals surface area contributed by atoms with Crippen LogP contribution in [0.2, 0.25) is 0 Å². The molecule has 0 heterocycles. The molecular weight excluding hydrogens is 392 g/mol. The molecule has 2 rings (SSSR count). The minimum absolute atomic E-state index is 0.0454. The van der Waals surface area contributed by atoms with Crippen LogP contribution in [0.15, 0.2) is 48.5 Å². The maximum atomic E-state index is 13.1. The van der Waals surface area contributed by atoms with Crippen molar-refractivity contribution in [1.82, 2.24) is 10.2 Å². The molecule has 2 amide bonds. The van der Waals surface area contributed by atoms with E-state index in [9.17, 15) is 9.59 Å². The molecule has 6 heteroatoms. The third-order valence-corrected chi connectivity index (χ3v) is 5.20. The zero-order valence-electron chi connectivity index (χ0n) is 19.4. The van der Waals surface area contributed by atoms with Crippen molar-refractivity contribution in [3.8, 4) is 11.5 Å². The maximum absolute atomic E-state index is 13.1. The summed E-state index contributed by atoms with van der Waals surface area (Å²) in [6.07, 6.45) is 0.496. The minimum Gasteiger partial charge on any atom is -0.497 e. The van der Waals surface area contributed by atoms with Crippen molar-refractivity contribution >= 4 is 11.8 Å². The highest BCUT2D eigenvalue weighted by Crippen LogP contribution is 2.24. The largest absolute Gasteiger partial charge is 0.497 e. The number of hydrogen-bond donors (Lipinski definition) is 1. The van der Waals surface area contributed by atoms with E-state index in [2.05, 4.69) is 26.1 Å². The van der Waals surface area contributed by atoms with Gasteiger partial charge in [-0.15, -0.1) is 0 Å². The van der Waals surface area contributed by atoms with Crippen LogP contribution in [0.4, 0.5) is 0 Å². The molecule has 0 bridgehead atoms. The number of nitrogens with zero attached hydrogens (tertiary/aromatic N) is 1. The number of methoxy groups -OCH3 is 1. The van der Waals surface area contributed by atoms with Crippen LogP contribution < -0.4 is 14.8 Å². The first-order valence-corrected chi connectivity index (χ1v) is 10.6. The van der Waals surface area contributed by atoms with Gasteiger partial charge in [0.1, 0.15) is 17.5 Å². The number of ether oxygens (including phenoxy) is 2. The molecule has 0 saturated carbocycles. The van der Waals surface area contributed by atoms with Crippen LogP contribution in [0.1, 0.15) is 45.2 Å². The quantitative estimate of drug-likeness (QED) is 0.660. The summed E-state index contributed by atoms with van der Waals surface area (Å²) in [5.74, 6) is 0.871. The number of carbonyl (C=O) groups excluding carboxylic acids is 2. The fraction of sp³-hybridized carbons (Fsp3) is 0.440. The van der Waals surface area contributed by atoms with Crippen LogP contribution in [0, 0.1) is 0 Å². The Morgan fingerprint density at radius 3 is 2.29 bits per heavy atom. The summed E-state index contributed by atoms with van der Waals surface area (Å²) in [6, 6.07) is 14.7. The van der Waals surface area contributed by atoms with Crippen molar-refractivity contribution in [2.75, 3.05) is 20.8 Å². The minimum atomic E-state index is -0.587. The number of hydrogen-bond acceptors (Lipinski definition) is 4. The van der Waals surface area contributed by atoms with E-state index in [1.165, 1.54) is 5.56 Å². The van der Waals surface area contributed by atoms with E-state index in [0.717, 1.165) is 5.56 Å². The number of rotatable bonds is 9. The molecule has 0 spiro atoms. The second-order valence-electron chi connectivity index (χ2n) is 8.47. The second-order valence-corrected chi connectivity index (χ2v) is 8.47. The Morgan fingerprint density at radius 2 is 1.74 bits per heavy atom. The van der Waals surface area contributed by atoms with Crippen LogP contribution in [0.25, 0.3) is 0 Å². The normalized spacial score (nSPS) is 12.1. The molecule has 0 aliphatic heterocycles. The predicted molar refractivity (Wildman–Crippen MR) is 122 cm³/mol. The van der Waals surface area contributed by atoms with E-state index >= 15 is 0 Å². The Bertz CT molecular complexity index is 872. The van der Waals surface area contributed by atoms with Gasteiger partial charge in [0.2, 0.25) is 5.91 Å². The SMILES string of the molecule is CC[C@H](C(=O)NC)N(Cc1cccc(OC)c1)C(=O)COc1ccc(C(C)(C)C)cc1. The Balaban J connectivity index is 2.17. The predicted octanol–water partition coefficient (Wildman–Crippen LogP) is 3.92. The molecule has 0 fully saturated rings. The Hall–Kier alpha value is -3.02. The van der Waals surface area contributed by atoms with Gasteiger partial charge in [0.15, 0.2) is 6.61 Å². The second kappa shape index (κ2) is 10.8. The molecule has 168 valence electrons. The number of nitrogens with one attached hydrogen (secondary N) is 1. The lowest BCUT2D eigenvalue weighted by Crippen LogP contribution is -2.49. The average Bonchev–Trinajstić information content (AvgIpc) is 2.76. The van der Waals surface area contributed by atoms with Gasteiger partial charge in [-0.1, -0.05) is 52.0 Å². The van der Waals surface area contributed by atoms with Gasteiger partial charge in [0.25, 0.3) is 5.91 Å². The topological polar surface area (TPSA) is 67.9 Å². The Labute approximate surface area is 185 Å². The molecule has 0 aliphatic carbocycles. The van der Waals surface area contributed by atoms with Gasteiger partial charge >= 0.3 is 0 Å². The maximum Gasteiger partial charge on any atom is 0.261 e. The van der Waals surface area contributed by atoms with Gasteiger partial charge in [-0.05, 0) is 47.2 Å². The summed E-state index contributed by atoms with van der Waals surface area (Å²) in [4.78, 5) is 27.1. The van der Waals surface area contributed by atoms with Gasteiger partial charge in [-0.3, -0.25) is 9.59 Å². The summed E-state index contributed by atoms with van der Waals surface area (Å²) in [6.45, 7) is 8.46. The molecule has 2 aromatic rings. The lowest BCUT2D eigenvalue weighted by Gasteiger charge is -2.30. The third kappa shape index (κ3) is 6.74. The van der Waals surface area contributed by atoms with Crippen molar-refractivity contribution in [2.24, 2.45) is 0 Å². The standard InChI is InChI=1S/C25H34N2O4/c1-7-22(24(29)26-5)27(16-18-9-8-10-21(15-18)30-6)23(28)17-31-20-13-11-19(12-14-20)25(2,3)4/h8-15,22H,7,16-17H2,1-6H3,(H,26,29)/t22-/m1/s1. The number of amides is 2. The molecule has 1 N–H and O–H groups in total. The van der Waals surface area contributed by atoms with Crippen LogP contribution in [-0.4, -0.2) is 43.5 Å². The highest BCUT2D eigenvalue weighted by molar-refractivity contribution is 5.88. The molecule has 0 unspecified atom stereocenters. The summed E-state index contributed by atoms with van der Waals surface area (Å²) >= 11 is 0. The van der Waals surface area contributed by atoms with Crippen LogP contribution in [0.3, 0.4) is 0 Å². The monoisotopic (exact) mass is 426 g/mol. The Morgan fingerprint density at radius 1 is 1.06 bits per heavy atom. The first kappa shape index (κ1) is 24.3. The van der Waals surface area contributed by atoms with Crippen LogP contribution in [-0.2, 0) is 21.5 Å². The first-order chi connectivity index (χ1) is 14.7. The summed E-state index contributed by atoms with van der Waals surface area (Å²) < 4.78 is 11.0. The van der Waals surface area contributed by atoms with E-state index in [1.54, 1.807) is 19.1 Å². The van der Waals surface area contributed by atoms with E-state index < -0.39 is 6.04 Å². The molecular formula is C25H34N2O4. The van der Waals surface area contributed by atoms with E-state index in [1.807, 2.05) is 55.5 Å². The summed E-state index contributed by atoms with van der Waals surface area (Å²) in [5.41, 5.74) is 2.12. The van der Waals surface area contributed by atoms with Gasteiger partial charge in [0, 0.05) is 13.6 Å². The molecule has 2 aromatic carbocycles. The highest BCUT2D eigenvalue weighted by atomic mass is 16.5. The Kier molecular flexibility index (Phi) is 8.48. The van der Waals surface area contributed by atoms with Crippen molar-refractivity contribution < 1.29 is 19.1 Å². The van der Waals surface area contributed by atoms with Crippen molar-refractivity contribution in [1.29, 1.82) is 0 Å². The van der Waals surface area contributed by atoms with Crippen LogP contribution in [0.5, 0.6) is 11.5 Å². The molecule has 6 nitrogen and oxygen atoms in total. The molecule has 31 heavy (non-hydrogen) atoms. The number of benzene rings is 2. The number of carbonyl (C=O) groups is 2. The van der Waals surface area contributed by atoms with E-state index in [-0.39, 0.29) is 30.4 Å². The van der Waals surface area contributed by atoms with Gasteiger partial charge in [-0.2, -0.15) is 0 Å². The van der Waals surface area contributed by atoms with Gasteiger partial charge in [0.05, 0.1) is 7.11 Å². The fourth-order valence-corrected chi connectivity index (χ4v) is 3.33. The van der Waals surface area contributed by atoms with Crippen molar-refractivity contribution in [3.63, 3.8) is 0 Å². The molecule has 0 aromatic heterocycles. The lowest BCUT2D eigenvalue weighted by molar-refractivity contribution is -0.142. The lowest BCUT2D eigenvalue weighted by atomic mass is 9.87. The van der Waals surface area contributed by atoms with E-state index in [4.69, 9.17) is 9.47 Å². The third-order valence-electron chi connectivity index (χ3n) is 5.20. The zero-order chi connectivity index (χ0) is 23.0. The first-order valence-electron chi connectivity index (χ1n) is 10.6. The smallest absolute Gasteiger partial charge is 0.261 e. The molecule has 0 radical (unpaired) electrons. The van der Waals surface area contributed by atoms with Gasteiger partial charge in [-0.25, -0.2) is 0 Å². The van der Waals surface area contributed by atoms with E-state index in [0.29, 0.717) is 17.9 Å². The zero-order valence-corrected chi connectivity index (χ0v) is 19.4. The van der Waals surface area contributed by atoms with Crippen molar-refractivity contribution in [3.05, 3.63) is 59.7 Å². The highest BCUT2D eigenvalue weighted by Gasteiger charge is 2.28. The summed E-state index contributed by atoms with van der Waals surface area (Å²) in [7, 11) is 3.17. The van der Waals surface area contributed by atoms with Crippen molar-refractivity contribution in [2.45, 2.75) is 52.1 Å². The summed E-state index contributed by atoms with van der Waals surface area (Å²) in [5, 5.41) is 2.66. The molecule has 0 saturated heterocycles. The molecule has 1 atom stereocenters. The van der Waals surface area contributed by atoms with Crippen LogP contribution >= 0.6 is 0 Å². The fourth-order valence-electron chi connectivity index (χ4n) is 3.33. The molecule has 0 aliphatic rings. The number of likely N-dealkylation sites (N-methyl/N-ethyl adjacent to an activating group) is 1.